The lowest BCUT2D eigenvalue weighted by molar-refractivity contribution is -0.142. The van der Waals surface area contributed by atoms with Gasteiger partial charge in [0.25, 0.3) is 0 Å². The van der Waals surface area contributed by atoms with E-state index in [1.54, 1.807) is 24.3 Å². The monoisotopic (exact) mass is 350 g/mol. The Morgan fingerprint density at radius 2 is 1.76 bits per heavy atom. The molecule has 2 atom stereocenters. The number of carbonyl (C=O) groups excluding carboxylic acids is 2. The Kier molecular flexibility index (Phi) is 7.91. The van der Waals surface area contributed by atoms with Crippen molar-refractivity contribution in [1.29, 1.82) is 0 Å². The molecule has 7 nitrogen and oxygen atoms in total. The van der Waals surface area contributed by atoms with E-state index < -0.39 is 24.0 Å². The molecule has 0 radical (unpaired) electrons. The number of hydrogen-bond donors (Lipinski definition) is 3. The average molecular weight is 350 g/mol. The Morgan fingerprint density at radius 3 is 2.28 bits per heavy atom. The molecule has 0 saturated carbocycles. The molecule has 138 valence electrons. The van der Waals surface area contributed by atoms with E-state index in [2.05, 4.69) is 10.6 Å². The average Bonchev–Trinajstić information content (AvgIpc) is 2.52. The van der Waals surface area contributed by atoms with E-state index in [0.29, 0.717) is 17.7 Å². The van der Waals surface area contributed by atoms with Gasteiger partial charge in [0, 0.05) is 13.3 Å². The molecule has 0 aliphatic carbocycles. The van der Waals surface area contributed by atoms with Crippen molar-refractivity contribution in [3.8, 4) is 5.75 Å². The molecular formula is C18H26N2O5. The van der Waals surface area contributed by atoms with Crippen LogP contribution in [-0.4, -0.2) is 42.1 Å². The van der Waals surface area contributed by atoms with Crippen LogP contribution in [-0.2, 0) is 20.8 Å². The van der Waals surface area contributed by atoms with Gasteiger partial charge in [-0.05, 0) is 24.0 Å². The summed E-state index contributed by atoms with van der Waals surface area (Å²) in [6.45, 7) is 5.17. The van der Waals surface area contributed by atoms with Crippen LogP contribution in [0.4, 0.5) is 0 Å². The summed E-state index contributed by atoms with van der Waals surface area (Å²) in [5.41, 5.74) is 0.678. The van der Waals surface area contributed by atoms with Crippen LogP contribution < -0.4 is 15.4 Å². The molecule has 0 saturated heterocycles. The molecule has 3 N–H and O–H groups in total. The lowest BCUT2D eigenvalue weighted by atomic mass is 10.0. The van der Waals surface area contributed by atoms with Crippen molar-refractivity contribution in [3.05, 3.63) is 29.8 Å². The molecular weight excluding hydrogens is 324 g/mol. The van der Waals surface area contributed by atoms with Crippen LogP contribution >= 0.6 is 0 Å². The number of carboxylic acids is 1. The third-order valence-corrected chi connectivity index (χ3v) is 3.63. The predicted molar refractivity (Wildman–Crippen MR) is 93.3 cm³/mol. The second kappa shape index (κ2) is 9.66. The second-order valence-corrected chi connectivity index (χ2v) is 6.30. The maximum absolute atomic E-state index is 12.5. The molecule has 7 heteroatoms. The van der Waals surface area contributed by atoms with Crippen LogP contribution in [0.15, 0.2) is 24.3 Å². The molecule has 0 fully saturated rings. The summed E-state index contributed by atoms with van der Waals surface area (Å²) in [5, 5.41) is 14.5. The summed E-state index contributed by atoms with van der Waals surface area (Å²) in [6, 6.07) is 5.16. The second-order valence-electron chi connectivity index (χ2n) is 6.30. The molecule has 0 spiro atoms. The lowest BCUT2D eigenvalue weighted by Gasteiger charge is -2.22. The highest BCUT2D eigenvalue weighted by Crippen LogP contribution is 2.19. The fourth-order valence-corrected chi connectivity index (χ4v) is 2.51. The summed E-state index contributed by atoms with van der Waals surface area (Å²) in [6.07, 6.45) is 0.506. The molecule has 2 amide bonds. The number of methoxy groups -OCH3 is 1. The molecule has 1 aromatic carbocycles. The number of carboxylic acid groups (broad SMARTS) is 1. The molecule has 0 bridgehead atoms. The van der Waals surface area contributed by atoms with Crippen molar-refractivity contribution in [3.63, 3.8) is 0 Å². The zero-order chi connectivity index (χ0) is 19.0. The number of nitrogens with one attached hydrogen (secondary N) is 2. The standard InChI is InChI=1S/C18H26N2O5/c1-11(2)9-14(19-12(3)21)17(22)20-15(18(23)24)10-13-7-5-6-8-16(13)25-4/h5-8,11,14-15H,9-10H2,1-4H3,(H,19,21)(H,20,22)(H,23,24)/t14-,15-/m0/s1. The highest BCUT2D eigenvalue weighted by Gasteiger charge is 2.27. The van der Waals surface area contributed by atoms with Gasteiger partial charge in [-0.1, -0.05) is 32.0 Å². The summed E-state index contributed by atoms with van der Waals surface area (Å²) >= 11 is 0. The van der Waals surface area contributed by atoms with E-state index in [0.717, 1.165) is 0 Å². The predicted octanol–water partition coefficient (Wildman–Crippen LogP) is 1.36. The molecule has 1 rings (SSSR count). The SMILES string of the molecule is COc1ccccc1C[C@H](NC(=O)[C@H](CC(C)C)NC(C)=O)C(=O)O. The first kappa shape index (κ1) is 20.5. The van der Waals surface area contributed by atoms with Gasteiger partial charge in [0.15, 0.2) is 0 Å². The highest BCUT2D eigenvalue weighted by molar-refractivity contribution is 5.90. The lowest BCUT2D eigenvalue weighted by Crippen LogP contribution is -2.52. The van der Waals surface area contributed by atoms with Crippen LogP contribution in [0.1, 0.15) is 32.8 Å². The van der Waals surface area contributed by atoms with Crippen molar-refractivity contribution in [2.45, 2.75) is 45.7 Å². The van der Waals surface area contributed by atoms with Crippen LogP contribution in [0.3, 0.4) is 0 Å². The fourth-order valence-electron chi connectivity index (χ4n) is 2.51. The fraction of sp³-hybridized carbons (Fsp3) is 0.500. The van der Waals surface area contributed by atoms with E-state index in [-0.39, 0.29) is 18.2 Å². The van der Waals surface area contributed by atoms with Gasteiger partial charge in [-0.3, -0.25) is 9.59 Å². The number of rotatable bonds is 9. The smallest absolute Gasteiger partial charge is 0.326 e. The van der Waals surface area contributed by atoms with Crippen molar-refractivity contribution in [2.75, 3.05) is 7.11 Å². The van der Waals surface area contributed by atoms with Gasteiger partial charge in [0.05, 0.1) is 7.11 Å². The Balaban J connectivity index is 2.89. The van der Waals surface area contributed by atoms with Gasteiger partial charge in [0.2, 0.25) is 11.8 Å². The highest BCUT2D eigenvalue weighted by atomic mass is 16.5. The number of ether oxygens (including phenoxy) is 1. The summed E-state index contributed by atoms with van der Waals surface area (Å²) in [5.74, 6) is -1.27. The van der Waals surface area contributed by atoms with Crippen molar-refractivity contribution in [2.24, 2.45) is 5.92 Å². The van der Waals surface area contributed by atoms with Gasteiger partial charge in [-0.15, -0.1) is 0 Å². The van der Waals surface area contributed by atoms with Gasteiger partial charge in [0.1, 0.15) is 17.8 Å². The van der Waals surface area contributed by atoms with Gasteiger partial charge < -0.3 is 20.5 Å². The zero-order valence-corrected chi connectivity index (χ0v) is 15.0. The van der Waals surface area contributed by atoms with E-state index in [4.69, 9.17) is 4.74 Å². The van der Waals surface area contributed by atoms with Gasteiger partial charge >= 0.3 is 5.97 Å². The summed E-state index contributed by atoms with van der Waals surface area (Å²) < 4.78 is 5.22. The zero-order valence-electron chi connectivity index (χ0n) is 15.0. The van der Waals surface area contributed by atoms with Gasteiger partial charge in [-0.2, -0.15) is 0 Å². The third kappa shape index (κ3) is 6.82. The van der Waals surface area contributed by atoms with E-state index in [1.807, 2.05) is 13.8 Å². The molecule has 0 aliphatic rings. The largest absolute Gasteiger partial charge is 0.496 e. The first-order chi connectivity index (χ1) is 11.7. The van der Waals surface area contributed by atoms with Crippen molar-refractivity contribution in [1.82, 2.24) is 10.6 Å². The third-order valence-electron chi connectivity index (χ3n) is 3.63. The van der Waals surface area contributed by atoms with E-state index >= 15 is 0 Å². The molecule has 25 heavy (non-hydrogen) atoms. The number of amides is 2. The van der Waals surface area contributed by atoms with Crippen LogP contribution in [0, 0.1) is 5.92 Å². The summed E-state index contributed by atoms with van der Waals surface area (Å²) in [4.78, 5) is 35.3. The summed E-state index contributed by atoms with van der Waals surface area (Å²) in [7, 11) is 1.50. The Morgan fingerprint density at radius 1 is 1.12 bits per heavy atom. The van der Waals surface area contributed by atoms with Crippen LogP contribution in [0.25, 0.3) is 0 Å². The minimum atomic E-state index is -1.15. The molecule has 1 aromatic rings. The van der Waals surface area contributed by atoms with Crippen LogP contribution in [0.5, 0.6) is 5.75 Å². The van der Waals surface area contributed by atoms with E-state index in [9.17, 15) is 19.5 Å². The maximum Gasteiger partial charge on any atom is 0.326 e. The first-order valence-electron chi connectivity index (χ1n) is 8.16. The first-order valence-corrected chi connectivity index (χ1v) is 8.16. The van der Waals surface area contributed by atoms with Gasteiger partial charge in [-0.25, -0.2) is 4.79 Å². The van der Waals surface area contributed by atoms with E-state index in [1.165, 1.54) is 14.0 Å². The number of carbonyl (C=O) groups is 3. The number of aliphatic carboxylic acids is 1. The Bertz CT molecular complexity index is 615. The maximum atomic E-state index is 12.5. The molecule has 0 aliphatic heterocycles. The van der Waals surface area contributed by atoms with Crippen LogP contribution in [0.2, 0.25) is 0 Å². The van der Waals surface area contributed by atoms with Crippen molar-refractivity contribution < 1.29 is 24.2 Å². The Hall–Kier alpha value is -2.57. The topological polar surface area (TPSA) is 105 Å². The number of benzene rings is 1. The molecule has 0 heterocycles. The number of hydrogen-bond acceptors (Lipinski definition) is 4. The quantitative estimate of drug-likeness (QED) is 0.624. The minimum absolute atomic E-state index is 0.0829. The molecule has 0 unspecified atom stereocenters. The van der Waals surface area contributed by atoms with Crippen molar-refractivity contribution >= 4 is 17.8 Å². The minimum Gasteiger partial charge on any atom is -0.496 e. The molecule has 0 aromatic heterocycles. The Labute approximate surface area is 147 Å². The normalized spacial score (nSPS) is 13.0. The number of para-hydroxylation sites is 1.